The summed E-state index contributed by atoms with van der Waals surface area (Å²) in [6.07, 6.45) is -2.14. The Balaban J connectivity index is 2.00. The summed E-state index contributed by atoms with van der Waals surface area (Å²) in [6.45, 7) is 0. The zero-order valence-electron chi connectivity index (χ0n) is 14.0. The van der Waals surface area contributed by atoms with Crippen LogP contribution in [0.15, 0.2) is 72.8 Å². The Labute approximate surface area is 156 Å². The molecule has 0 N–H and O–H groups in total. The van der Waals surface area contributed by atoms with Gasteiger partial charge in [0.25, 0.3) is 0 Å². The lowest BCUT2D eigenvalue weighted by Crippen LogP contribution is -2.04. The predicted molar refractivity (Wildman–Crippen MR) is 91.9 cm³/mol. The maximum Gasteiger partial charge on any atom is 0.416 e. The van der Waals surface area contributed by atoms with E-state index in [4.69, 9.17) is 0 Å². The molecule has 8 heteroatoms. The lowest BCUT2D eigenvalue weighted by Gasteiger charge is -2.06. The largest absolute Gasteiger partial charge is 0.428 e. The second-order valence-corrected chi connectivity index (χ2v) is 5.40. The number of alkyl halides is 3. The molecule has 0 amide bonds. The summed E-state index contributed by atoms with van der Waals surface area (Å²) < 4.78 is 78.7. The Morgan fingerprint density at radius 2 is 1.46 bits per heavy atom. The van der Waals surface area contributed by atoms with Crippen LogP contribution in [0.25, 0.3) is 12.2 Å². The zero-order chi connectivity index (χ0) is 20.7. The summed E-state index contributed by atoms with van der Waals surface area (Å²) in [5.74, 6) is -0.635. The van der Waals surface area contributed by atoms with Crippen molar-refractivity contribution in [2.75, 3.05) is 0 Å². The van der Waals surface area contributed by atoms with Crippen LogP contribution < -0.4 is 4.74 Å². The number of carbonyl (C=O) groups excluding carboxylic acids is 1. The number of benzene rings is 2. The summed E-state index contributed by atoms with van der Waals surface area (Å²) in [5.41, 5.74) is -0.106. The van der Waals surface area contributed by atoms with Gasteiger partial charge in [-0.15, -0.1) is 0 Å². The van der Waals surface area contributed by atoms with Gasteiger partial charge in [0.2, 0.25) is 0 Å². The van der Waals surface area contributed by atoms with Crippen LogP contribution in [0.3, 0.4) is 0 Å². The van der Waals surface area contributed by atoms with Crippen molar-refractivity contribution in [1.82, 2.24) is 0 Å². The number of hydrogen-bond acceptors (Lipinski definition) is 2. The van der Waals surface area contributed by atoms with Crippen LogP contribution in [0, 0.1) is 0 Å². The molecule has 0 saturated carbocycles. The van der Waals surface area contributed by atoms with Gasteiger partial charge in [-0.05, 0) is 47.5 Å². The molecular formula is C20H12F6O2. The van der Waals surface area contributed by atoms with E-state index in [1.165, 1.54) is 54.6 Å². The van der Waals surface area contributed by atoms with Crippen molar-refractivity contribution in [3.8, 4) is 5.75 Å². The molecule has 2 rings (SSSR count). The fourth-order valence-electron chi connectivity index (χ4n) is 2.02. The highest BCUT2D eigenvalue weighted by atomic mass is 19.4. The molecule has 0 heterocycles. The molecule has 0 saturated heterocycles. The van der Waals surface area contributed by atoms with Crippen molar-refractivity contribution in [2.24, 2.45) is 0 Å². The van der Waals surface area contributed by atoms with Crippen LogP contribution in [0.1, 0.15) is 16.7 Å². The third-order valence-electron chi connectivity index (χ3n) is 3.33. The first-order valence-corrected chi connectivity index (χ1v) is 7.71. The molecule has 2 aromatic rings. The number of rotatable bonds is 6. The molecule has 0 radical (unpaired) electrons. The van der Waals surface area contributed by atoms with Crippen LogP contribution in [0.5, 0.6) is 5.75 Å². The van der Waals surface area contributed by atoms with Crippen molar-refractivity contribution in [3.05, 3.63) is 89.5 Å². The lowest BCUT2D eigenvalue weighted by molar-refractivity contribution is -0.137. The van der Waals surface area contributed by atoms with E-state index in [-0.39, 0.29) is 11.3 Å². The van der Waals surface area contributed by atoms with Crippen molar-refractivity contribution in [3.63, 3.8) is 0 Å². The number of carbonyl (C=O) groups is 1. The van der Waals surface area contributed by atoms with Crippen LogP contribution in [-0.4, -0.2) is 5.78 Å². The van der Waals surface area contributed by atoms with E-state index in [1.54, 1.807) is 0 Å². The maximum absolute atomic E-state index is 12.7. The first-order valence-electron chi connectivity index (χ1n) is 7.71. The first-order chi connectivity index (χ1) is 13.1. The zero-order valence-corrected chi connectivity index (χ0v) is 14.0. The molecule has 0 atom stereocenters. The Morgan fingerprint density at radius 3 is 2.04 bits per heavy atom. The molecular weight excluding hydrogens is 386 g/mol. The smallest absolute Gasteiger partial charge is 0.416 e. The first kappa shape index (κ1) is 21.0. The molecule has 2 aromatic carbocycles. The van der Waals surface area contributed by atoms with E-state index in [0.29, 0.717) is 5.56 Å². The van der Waals surface area contributed by atoms with Crippen molar-refractivity contribution >= 4 is 17.9 Å². The van der Waals surface area contributed by atoms with E-state index in [9.17, 15) is 31.1 Å². The third kappa shape index (κ3) is 6.46. The minimum absolute atomic E-state index is 0.154. The lowest BCUT2D eigenvalue weighted by atomic mass is 10.1. The molecule has 0 aromatic heterocycles. The predicted octanol–water partition coefficient (Wildman–Crippen LogP) is 6.42. The Morgan fingerprint density at radius 1 is 0.857 bits per heavy atom. The van der Waals surface area contributed by atoms with Crippen LogP contribution in [0.2, 0.25) is 0 Å². The number of halogens is 6. The minimum atomic E-state index is -4.47. The van der Waals surface area contributed by atoms with Crippen molar-refractivity contribution < 1.29 is 35.9 Å². The molecule has 0 aliphatic heterocycles. The molecule has 146 valence electrons. The van der Waals surface area contributed by atoms with Crippen LogP contribution >= 0.6 is 0 Å². The highest BCUT2D eigenvalue weighted by Gasteiger charge is 2.30. The van der Waals surface area contributed by atoms with Crippen LogP contribution in [-0.2, 0) is 11.0 Å². The SMILES string of the molecule is O=C(/C=C/c1ccc(OC(F)=C(F)F)cc1)/C=C/c1cccc(C(F)(F)F)c1. The topological polar surface area (TPSA) is 26.3 Å². The van der Waals surface area contributed by atoms with E-state index >= 15 is 0 Å². The second-order valence-electron chi connectivity index (χ2n) is 5.40. The molecule has 0 aliphatic carbocycles. The average Bonchev–Trinajstić information content (AvgIpc) is 2.65. The number of hydrogen-bond donors (Lipinski definition) is 0. The molecule has 0 aliphatic rings. The van der Waals surface area contributed by atoms with Gasteiger partial charge >= 0.3 is 18.3 Å². The number of ether oxygens (including phenoxy) is 1. The highest BCUT2D eigenvalue weighted by Crippen LogP contribution is 2.29. The number of ketones is 1. The molecule has 0 unspecified atom stereocenters. The summed E-state index contributed by atoms with van der Waals surface area (Å²) in [6, 6.07) is 7.76. The van der Waals surface area contributed by atoms with Crippen LogP contribution in [0.4, 0.5) is 26.3 Å². The van der Waals surface area contributed by atoms with E-state index < -0.39 is 29.6 Å². The minimum Gasteiger partial charge on any atom is -0.428 e. The summed E-state index contributed by atoms with van der Waals surface area (Å²) in [4.78, 5) is 11.8. The molecule has 0 fully saturated rings. The van der Waals surface area contributed by atoms with Gasteiger partial charge in [-0.1, -0.05) is 36.4 Å². The summed E-state index contributed by atoms with van der Waals surface area (Å²) >= 11 is 0. The highest BCUT2D eigenvalue weighted by molar-refractivity contribution is 6.04. The quantitative estimate of drug-likeness (QED) is 0.319. The molecule has 28 heavy (non-hydrogen) atoms. The van der Waals surface area contributed by atoms with E-state index in [0.717, 1.165) is 18.2 Å². The second kappa shape index (κ2) is 9.07. The number of allylic oxidation sites excluding steroid dienone is 2. The van der Waals surface area contributed by atoms with Gasteiger partial charge in [0.1, 0.15) is 5.75 Å². The van der Waals surface area contributed by atoms with Gasteiger partial charge < -0.3 is 4.74 Å². The summed E-state index contributed by atoms with van der Waals surface area (Å²) in [5, 5.41) is 0. The molecule has 0 spiro atoms. The normalized spacial score (nSPS) is 11.8. The Kier molecular flexibility index (Phi) is 6.81. The average molecular weight is 398 g/mol. The van der Waals surface area contributed by atoms with Gasteiger partial charge in [0.05, 0.1) is 5.56 Å². The Hall–Kier alpha value is -3.29. The van der Waals surface area contributed by atoms with Gasteiger partial charge in [0, 0.05) is 0 Å². The fraction of sp³-hybridized carbons (Fsp3) is 0.0500. The molecule has 2 nitrogen and oxygen atoms in total. The molecule has 0 bridgehead atoms. The van der Waals surface area contributed by atoms with E-state index in [2.05, 4.69) is 4.74 Å². The van der Waals surface area contributed by atoms with Crippen molar-refractivity contribution in [1.29, 1.82) is 0 Å². The van der Waals surface area contributed by atoms with Crippen molar-refractivity contribution in [2.45, 2.75) is 6.18 Å². The van der Waals surface area contributed by atoms with E-state index in [1.807, 2.05) is 0 Å². The standard InChI is InChI=1S/C20H12F6O2/c21-18(22)19(23)28-17-10-6-13(7-11-17)4-8-16(27)9-5-14-2-1-3-15(12-14)20(24,25)26/h1-12H/b8-4+,9-5+. The maximum atomic E-state index is 12.7. The Bertz CT molecular complexity index is 920. The van der Waals surface area contributed by atoms with Gasteiger partial charge in [0.15, 0.2) is 5.78 Å². The summed E-state index contributed by atoms with van der Waals surface area (Å²) in [7, 11) is 0. The fourth-order valence-corrected chi connectivity index (χ4v) is 2.02. The van der Waals surface area contributed by atoms with Gasteiger partial charge in [-0.25, -0.2) is 0 Å². The monoisotopic (exact) mass is 398 g/mol. The third-order valence-corrected chi connectivity index (χ3v) is 3.33. The van der Waals surface area contributed by atoms with Gasteiger partial charge in [-0.3, -0.25) is 4.79 Å². The van der Waals surface area contributed by atoms with Gasteiger partial charge in [-0.2, -0.15) is 26.3 Å².